The molecule has 0 spiro atoms. The van der Waals surface area contributed by atoms with Gasteiger partial charge in [0.2, 0.25) is 0 Å². The Morgan fingerprint density at radius 2 is 1.52 bits per heavy atom. The van der Waals surface area contributed by atoms with Crippen LogP contribution in [0.2, 0.25) is 0 Å². The largest absolute Gasteiger partial charge is 0.303 e. The zero-order valence-electron chi connectivity index (χ0n) is 14.7. The Balaban J connectivity index is 2.65. The van der Waals surface area contributed by atoms with Crippen LogP contribution in [0.3, 0.4) is 0 Å². The second-order valence-electron chi connectivity index (χ2n) is 8.30. The van der Waals surface area contributed by atoms with Crippen molar-refractivity contribution < 1.29 is 4.79 Å². The number of aldehydes is 1. The van der Waals surface area contributed by atoms with Crippen molar-refractivity contribution in [2.24, 2.45) is 11.8 Å². The van der Waals surface area contributed by atoms with E-state index in [4.69, 9.17) is 0 Å². The molecule has 0 bridgehead atoms. The van der Waals surface area contributed by atoms with Crippen LogP contribution in [0.1, 0.15) is 70.7 Å². The maximum Gasteiger partial charge on any atom is 0.124 e. The molecule has 0 fully saturated rings. The highest BCUT2D eigenvalue weighted by atomic mass is 16.1. The smallest absolute Gasteiger partial charge is 0.124 e. The normalized spacial score (nSPS) is 22.4. The summed E-state index contributed by atoms with van der Waals surface area (Å²) in [6.45, 7) is 16.3. The molecule has 1 unspecified atom stereocenters. The molecule has 1 nitrogen and oxygen atoms in total. The summed E-state index contributed by atoms with van der Waals surface area (Å²) in [5.74, 6) is 1.21. The van der Waals surface area contributed by atoms with Gasteiger partial charge in [0.1, 0.15) is 6.29 Å². The summed E-state index contributed by atoms with van der Waals surface area (Å²) in [5, 5.41) is 0. The maximum atomic E-state index is 11.1. The van der Waals surface area contributed by atoms with Gasteiger partial charge in [-0.1, -0.05) is 60.6 Å². The lowest BCUT2D eigenvalue weighted by Gasteiger charge is -2.32. The van der Waals surface area contributed by atoms with Crippen LogP contribution in [0, 0.1) is 11.8 Å². The van der Waals surface area contributed by atoms with Gasteiger partial charge in [0.15, 0.2) is 0 Å². The molecule has 0 saturated heterocycles. The molecule has 1 aliphatic rings. The van der Waals surface area contributed by atoms with Gasteiger partial charge in [-0.15, -0.1) is 0 Å². The summed E-state index contributed by atoms with van der Waals surface area (Å²) < 4.78 is 0. The van der Waals surface area contributed by atoms with Gasteiger partial charge < -0.3 is 4.79 Å². The number of carbonyl (C=O) groups is 1. The summed E-state index contributed by atoms with van der Waals surface area (Å²) in [7, 11) is 0. The van der Waals surface area contributed by atoms with E-state index in [0.29, 0.717) is 18.3 Å². The molecule has 0 amide bonds. The standard InChI is InChI=1S/C20H30O/c1-13(2)10-16-12-18-17(11-15(16)8-9-21)19(4,5)14(3)20(18,6)7/h9,11-14H,8,10H2,1-7H3. The Morgan fingerprint density at radius 1 is 1.05 bits per heavy atom. The lowest BCUT2D eigenvalue weighted by molar-refractivity contribution is -0.107. The van der Waals surface area contributed by atoms with Crippen LogP contribution >= 0.6 is 0 Å². The van der Waals surface area contributed by atoms with E-state index in [-0.39, 0.29) is 10.8 Å². The van der Waals surface area contributed by atoms with Gasteiger partial charge in [0, 0.05) is 6.42 Å². The molecule has 21 heavy (non-hydrogen) atoms. The molecular formula is C20H30O. The van der Waals surface area contributed by atoms with Gasteiger partial charge in [-0.05, 0) is 51.3 Å². The van der Waals surface area contributed by atoms with Crippen molar-refractivity contribution in [3.8, 4) is 0 Å². The third-order valence-electron chi connectivity index (χ3n) is 5.82. The first kappa shape index (κ1) is 16.3. The second-order valence-corrected chi connectivity index (χ2v) is 8.30. The van der Waals surface area contributed by atoms with Crippen LogP contribution in [-0.4, -0.2) is 6.29 Å². The minimum Gasteiger partial charge on any atom is -0.303 e. The fourth-order valence-electron chi connectivity index (χ4n) is 4.03. The van der Waals surface area contributed by atoms with Crippen LogP contribution in [0.15, 0.2) is 12.1 Å². The number of benzene rings is 1. The number of fused-ring (bicyclic) bond motifs is 1. The third kappa shape index (κ3) is 2.56. The van der Waals surface area contributed by atoms with Crippen LogP contribution in [0.25, 0.3) is 0 Å². The van der Waals surface area contributed by atoms with E-state index in [1.807, 2.05) is 0 Å². The third-order valence-corrected chi connectivity index (χ3v) is 5.82. The average Bonchev–Trinajstić information content (AvgIpc) is 2.49. The Labute approximate surface area is 130 Å². The fourth-order valence-corrected chi connectivity index (χ4v) is 4.03. The van der Waals surface area contributed by atoms with Gasteiger partial charge in [-0.25, -0.2) is 0 Å². The summed E-state index contributed by atoms with van der Waals surface area (Å²) in [6, 6.07) is 4.73. The molecule has 0 N–H and O–H groups in total. The monoisotopic (exact) mass is 286 g/mol. The van der Waals surface area contributed by atoms with E-state index < -0.39 is 0 Å². The van der Waals surface area contributed by atoms with E-state index >= 15 is 0 Å². The van der Waals surface area contributed by atoms with Crippen LogP contribution in [0.5, 0.6) is 0 Å². The summed E-state index contributed by atoms with van der Waals surface area (Å²) >= 11 is 0. The molecule has 116 valence electrons. The first-order chi connectivity index (χ1) is 9.62. The molecule has 0 heterocycles. The molecule has 0 radical (unpaired) electrons. The predicted octanol–water partition coefficient (Wildman–Crippen LogP) is 4.83. The lowest BCUT2D eigenvalue weighted by Crippen LogP contribution is -2.30. The molecule has 0 saturated carbocycles. The quantitative estimate of drug-likeness (QED) is 0.724. The Hall–Kier alpha value is -1.11. The van der Waals surface area contributed by atoms with Crippen LogP contribution in [-0.2, 0) is 28.5 Å². The van der Waals surface area contributed by atoms with E-state index in [2.05, 4.69) is 60.6 Å². The number of carbonyl (C=O) groups excluding carboxylic acids is 1. The van der Waals surface area contributed by atoms with Gasteiger partial charge in [0.25, 0.3) is 0 Å². The summed E-state index contributed by atoms with van der Waals surface area (Å²) in [4.78, 5) is 11.1. The molecule has 1 aromatic rings. The molecule has 1 aromatic carbocycles. The van der Waals surface area contributed by atoms with Crippen molar-refractivity contribution in [1.82, 2.24) is 0 Å². The second kappa shape index (κ2) is 5.26. The molecule has 2 rings (SSSR count). The summed E-state index contributed by atoms with van der Waals surface area (Å²) in [5.41, 5.74) is 5.91. The van der Waals surface area contributed by atoms with Crippen molar-refractivity contribution in [2.45, 2.75) is 72.1 Å². The minimum atomic E-state index is 0.173. The van der Waals surface area contributed by atoms with Crippen molar-refractivity contribution in [2.75, 3.05) is 0 Å². The topological polar surface area (TPSA) is 17.1 Å². The summed E-state index contributed by atoms with van der Waals surface area (Å²) in [6.07, 6.45) is 2.64. The molecular weight excluding hydrogens is 256 g/mol. The Bertz CT molecular complexity index is 549. The Kier molecular flexibility index (Phi) is 4.08. The van der Waals surface area contributed by atoms with Gasteiger partial charge >= 0.3 is 0 Å². The van der Waals surface area contributed by atoms with Crippen LogP contribution < -0.4 is 0 Å². The average molecular weight is 286 g/mol. The lowest BCUT2D eigenvalue weighted by atomic mass is 9.71. The van der Waals surface area contributed by atoms with Gasteiger partial charge in [-0.2, -0.15) is 0 Å². The number of hydrogen-bond acceptors (Lipinski definition) is 1. The predicted molar refractivity (Wildman–Crippen MR) is 90.0 cm³/mol. The van der Waals surface area contributed by atoms with Crippen LogP contribution in [0.4, 0.5) is 0 Å². The zero-order valence-corrected chi connectivity index (χ0v) is 14.7. The molecule has 0 aromatic heterocycles. The van der Waals surface area contributed by atoms with E-state index in [1.54, 1.807) is 0 Å². The highest BCUT2D eigenvalue weighted by molar-refractivity contribution is 5.59. The highest BCUT2D eigenvalue weighted by Crippen LogP contribution is 2.54. The molecule has 0 aliphatic heterocycles. The van der Waals surface area contributed by atoms with Gasteiger partial charge in [0.05, 0.1) is 0 Å². The van der Waals surface area contributed by atoms with Crippen molar-refractivity contribution in [3.63, 3.8) is 0 Å². The fraction of sp³-hybridized carbons (Fsp3) is 0.650. The van der Waals surface area contributed by atoms with E-state index in [0.717, 1.165) is 12.7 Å². The van der Waals surface area contributed by atoms with Gasteiger partial charge in [-0.3, -0.25) is 0 Å². The van der Waals surface area contributed by atoms with Crippen molar-refractivity contribution >= 4 is 6.29 Å². The van der Waals surface area contributed by atoms with Crippen molar-refractivity contribution in [3.05, 3.63) is 34.4 Å². The number of rotatable bonds is 4. The molecule has 1 atom stereocenters. The van der Waals surface area contributed by atoms with Crippen molar-refractivity contribution in [1.29, 1.82) is 0 Å². The van der Waals surface area contributed by atoms with E-state index in [9.17, 15) is 4.79 Å². The Morgan fingerprint density at radius 3 is 1.95 bits per heavy atom. The SMILES string of the molecule is CC(C)Cc1cc2c(cc1CC=O)C(C)(C)C(C)C2(C)C. The minimum absolute atomic E-state index is 0.173. The first-order valence-corrected chi connectivity index (χ1v) is 8.22. The number of hydrogen-bond donors (Lipinski definition) is 0. The molecule has 1 aliphatic carbocycles. The highest BCUT2D eigenvalue weighted by Gasteiger charge is 2.48. The first-order valence-electron chi connectivity index (χ1n) is 8.22. The maximum absolute atomic E-state index is 11.1. The molecule has 1 heteroatoms. The zero-order chi connectivity index (χ0) is 16.0. The van der Waals surface area contributed by atoms with E-state index in [1.165, 1.54) is 22.3 Å².